The van der Waals surface area contributed by atoms with Gasteiger partial charge in [0.1, 0.15) is 17.2 Å². The molecule has 0 atom stereocenters. The molecule has 5 amide bonds. The van der Waals surface area contributed by atoms with Gasteiger partial charge >= 0.3 is 6.03 Å². The van der Waals surface area contributed by atoms with Crippen LogP contribution in [0.3, 0.4) is 0 Å². The van der Waals surface area contributed by atoms with E-state index in [1.165, 1.54) is 0 Å². The average molecular weight is 480 g/mol. The minimum absolute atomic E-state index is 0.00677. The van der Waals surface area contributed by atoms with Crippen LogP contribution in [0.25, 0.3) is 0 Å². The highest BCUT2D eigenvalue weighted by Gasteiger charge is 2.58. The normalized spacial score (nSPS) is 17.8. The maximum absolute atomic E-state index is 12.9. The second kappa shape index (κ2) is 10.6. The standard InChI is InChI=1S/C26H29N3O6/c1-2-22(30)27-16-17-8-10-19(11-9-17)34-20-12-14-21(15-13-20)35-26(18-6-4-3-5-7-18)23(31)28-25(33)29-24(26)32/h8-15,18H,2-7,16H2,1H3,(H,27,30)(H2,28,29,31,32,33). The van der Waals surface area contributed by atoms with Crippen molar-refractivity contribution in [1.29, 1.82) is 0 Å². The van der Waals surface area contributed by atoms with Crippen LogP contribution in [0.15, 0.2) is 48.5 Å². The van der Waals surface area contributed by atoms with Gasteiger partial charge in [-0.3, -0.25) is 25.0 Å². The summed E-state index contributed by atoms with van der Waals surface area (Å²) in [5, 5.41) is 7.23. The first kappa shape index (κ1) is 24.3. The quantitative estimate of drug-likeness (QED) is 0.498. The highest BCUT2D eigenvalue weighted by Crippen LogP contribution is 2.38. The third-order valence-corrected chi connectivity index (χ3v) is 6.38. The van der Waals surface area contributed by atoms with Crippen molar-refractivity contribution in [1.82, 2.24) is 16.0 Å². The lowest BCUT2D eigenvalue weighted by atomic mass is 9.75. The minimum atomic E-state index is -1.79. The van der Waals surface area contributed by atoms with Gasteiger partial charge in [-0.05, 0) is 54.8 Å². The van der Waals surface area contributed by atoms with Crippen LogP contribution in [0.4, 0.5) is 4.79 Å². The fourth-order valence-corrected chi connectivity index (χ4v) is 4.48. The van der Waals surface area contributed by atoms with E-state index >= 15 is 0 Å². The largest absolute Gasteiger partial charge is 0.467 e. The number of nitrogens with one attached hydrogen (secondary N) is 3. The summed E-state index contributed by atoms with van der Waals surface area (Å²) >= 11 is 0. The third kappa shape index (κ3) is 5.45. The van der Waals surface area contributed by atoms with Gasteiger partial charge in [0.15, 0.2) is 0 Å². The topological polar surface area (TPSA) is 123 Å². The number of rotatable bonds is 8. The Morgan fingerprint density at radius 1 is 0.886 bits per heavy atom. The molecule has 0 unspecified atom stereocenters. The monoisotopic (exact) mass is 479 g/mol. The van der Waals surface area contributed by atoms with Crippen LogP contribution in [-0.2, 0) is 20.9 Å². The summed E-state index contributed by atoms with van der Waals surface area (Å²) in [6, 6.07) is 13.2. The Morgan fingerprint density at radius 2 is 1.43 bits per heavy atom. The summed E-state index contributed by atoms with van der Waals surface area (Å²) < 4.78 is 11.9. The Bertz CT molecular complexity index is 1070. The Labute approximate surface area is 203 Å². The van der Waals surface area contributed by atoms with Gasteiger partial charge in [0.2, 0.25) is 5.91 Å². The molecule has 1 heterocycles. The number of urea groups is 1. The van der Waals surface area contributed by atoms with E-state index < -0.39 is 23.4 Å². The summed E-state index contributed by atoms with van der Waals surface area (Å²) in [4.78, 5) is 48.9. The fourth-order valence-electron chi connectivity index (χ4n) is 4.48. The first-order chi connectivity index (χ1) is 16.9. The lowest BCUT2D eigenvalue weighted by Crippen LogP contribution is -2.72. The van der Waals surface area contributed by atoms with E-state index in [1.807, 2.05) is 24.3 Å². The molecule has 4 rings (SSSR count). The molecule has 2 aromatic carbocycles. The van der Waals surface area contributed by atoms with Gasteiger partial charge in [-0.25, -0.2) is 4.79 Å². The summed E-state index contributed by atoms with van der Waals surface area (Å²) in [5.41, 5.74) is -0.835. The van der Waals surface area contributed by atoms with Gasteiger partial charge in [0.05, 0.1) is 0 Å². The number of carbonyl (C=O) groups excluding carboxylic acids is 4. The molecular weight excluding hydrogens is 450 g/mol. The minimum Gasteiger partial charge on any atom is -0.467 e. The van der Waals surface area contributed by atoms with Crippen molar-refractivity contribution in [2.75, 3.05) is 0 Å². The van der Waals surface area contributed by atoms with Gasteiger partial charge < -0.3 is 14.8 Å². The molecule has 2 aromatic rings. The highest BCUT2D eigenvalue weighted by atomic mass is 16.5. The molecule has 184 valence electrons. The SMILES string of the molecule is CCC(=O)NCc1ccc(Oc2ccc(OC3(C4CCCCC4)C(=O)NC(=O)NC3=O)cc2)cc1. The number of ether oxygens (including phenoxy) is 2. The van der Waals surface area contributed by atoms with E-state index in [0.717, 1.165) is 24.8 Å². The maximum atomic E-state index is 12.9. The molecule has 9 heteroatoms. The molecule has 9 nitrogen and oxygen atoms in total. The number of hydrogen-bond acceptors (Lipinski definition) is 6. The summed E-state index contributed by atoms with van der Waals surface area (Å²) in [7, 11) is 0. The second-order valence-corrected chi connectivity index (χ2v) is 8.76. The zero-order chi connectivity index (χ0) is 24.8. The van der Waals surface area contributed by atoms with Crippen LogP contribution >= 0.6 is 0 Å². The molecule has 35 heavy (non-hydrogen) atoms. The number of imide groups is 2. The molecule has 1 aliphatic heterocycles. The second-order valence-electron chi connectivity index (χ2n) is 8.76. The molecule has 2 fully saturated rings. The van der Waals surface area contributed by atoms with E-state index in [-0.39, 0.29) is 11.8 Å². The predicted octanol–water partition coefficient (Wildman–Crippen LogP) is 3.57. The van der Waals surface area contributed by atoms with Crippen molar-refractivity contribution in [3.63, 3.8) is 0 Å². The van der Waals surface area contributed by atoms with Crippen LogP contribution < -0.4 is 25.4 Å². The van der Waals surface area contributed by atoms with E-state index in [0.29, 0.717) is 43.1 Å². The molecule has 0 bridgehead atoms. The first-order valence-corrected chi connectivity index (χ1v) is 11.9. The number of carbonyl (C=O) groups is 4. The van der Waals surface area contributed by atoms with Gasteiger partial charge in [-0.1, -0.05) is 38.3 Å². The molecule has 2 aliphatic rings. The van der Waals surface area contributed by atoms with Crippen LogP contribution in [0, 0.1) is 5.92 Å². The van der Waals surface area contributed by atoms with Crippen molar-refractivity contribution in [2.45, 2.75) is 57.6 Å². The molecule has 3 N–H and O–H groups in total. The number of amides is 5. The molecular formula is C26H29N3O6. The Balaban J connectivity index is 1.45. The van der Waals surface area contributed by atoms with Crippen molar-refractivity contribution in [3.8, 4) is 17.2 Å². The van der Waals surface area contributed by atoms with Gasteiger partial charge in [-0.15, -0.1) is 0 Å². The molecule has 1 saturated carbocycles. The highest BCUT2D eigenvalue weighted by molar-refractivity contribution is 6.22. The molecule has 1 aliphatic carbocycles. The summed E-state index contributed by atoms with van der Waals surface area (Å²) in [6.07, 6.45) is 4.58. The summed E-state index contributed by atoms with van der Waals surface area (Å²) in [6.45, 7) is 2.26. The smallest absolute Gasteiger partial charge is 0.328 e. The Kier molecular flexibility index (Phi) is 7.33. The average Bonchev–Trinajstić information content (AvgIpc) is 2.87. The molecule has 0 spiro atoms. The van der Waals surface area contributed by atoms with Crippen molar-refractivity contribution >= 4 is 23.8 Å². The van der Waals surface area contributed by atoms with E-state index in [2.05, 4.69) is 16.0 Å². The van der Waals surface area contributed by atoms with E-state index in [4.69, 9.17) is 9.47 Å². The number of barbiturate groups is 1. The van der Waals surface area contributed by atoms with Gasteiger partial charge in [0, 0.05) is 18.9 Å². The Hall–Kier alpha value is -3.88. The lowest BCUT2D eigenvalue weighted by molar-refractivity contribution is -0.158. The zero-order valence-electron chi connectivity index (χ0n) is 19.6. The van der Waals surface area contributed by atoms with Crippen LogP contribution in [0.5, 0.6) is 17.2 Å². The molecule has 1 saturated heterocycles. The first-order valence-electron chi connectivity index (χ1n) is 11.9. The van der Waals surface area contributed by atoms with Gasteiger partial charge in [0.25, 0.3) is 17.4 Å². The third-order valence-electron chi connectivity index (χ3n) is 6.38. The number of hydrogen-bond donors (Lipinski definition) is 3. The van der Waals surface area contributed by atoms with Crippen molar-refractivity contribution < 1.29 is 28.7 Å². The fraction of sp³-hybridized carbons (Fsp3) is 0.385. The van der Waals surface area contributed by atoms with Crippen molar-refractivity contribution in [3.05, 3.63) is 54.1 Å². The molecule has 0 radical (unpaired) electrons. The van der Waals surface area contributed by atoms with Crippen LogP contribution in [-0.4, -0.2) is 29.4 Å². The maximum Gasteiger partial charge on any atom is 0.328 e. The Morgan fingerprint density at radius 3 is 2.00 bits per heavy atom. The van der Waals surface area contributed by atoms with Crippen molar-refractivity contribution in [2.24, 2.45) is 5.92 Å². The predicted molar refractivity (Wildman–Crippen MR) is 127 cm³/mol. The lowest BCUT2D eigenvalue weighted by Gasteiger charge is -2.41. The van der Waals surface area contributed by atoms with Crippen LogP contribution in [0.1, 0.15) is 51.0 Å². The van der Waals surface area contributed by atoms with E-state index in [9.17, 15) is 19.2 Å². The zero-order valence-corrected chi connectivity index (χ0v) is 19.6. The summed E-state index contributed by atoms with van der Waals surface area (Å²) in [5.74, 6) is -0.308. The van der Waals surface area contributed by atoms with E-state index in [1.54, 1.807) is 31.2 Å². The molecule has 0 aromatic heterocycles. The van der Waals surface area contributed by atoms with Crippen LogP contribution in [0.2, 0.25) is 0 Å². The number of benzene rings is 2. The van der Waals surface area contributed by atoms with Gasteiger partial charge in [-0.2, -0.15) is 0 Å².